The predicted octanol–water partition coefficient (Wildman–Crippen LogP) is 13.4. The van der Waals surface area contributed by atoms with Crippen LogP contribution in [0.4, 0.5) is 34.1 Å². The minimum absolute atomic E-state index is 1.11. The highest BCUT2D eigenvalue weighted by Gasteiger charge is 2.18. The van der Waals surface area contributed by atoms with E-state index >= 15 is 0 Å². The first-order chi connectivity index (χ1) is 25.3. The summed E-state index contributed by atoms with van der Waals surface area (Å²) in [6.07, 6.45) is 0. The molecule has 0 aliphatic rings. The Hall–Kier alpha value is -6.84. The largest absolute Gasteiger partial charge is 0.311 e. The number of para-hydroxylation sites is 5. The first-order valence-corrected chi connectivity index (χ1v) is 17.4. The van der Waals surface area contributed by atoms with Gasteiger partial charge in [-0.2, -0.15) is 0 Å². The number of fused-ring (bicyclic) bond motifs is 3. The van der Waals surface area contributed by atoms with Crippen molar-refractivity contribution in [2.45, 2.75) is 0 Å². The molecule has 0 unspecified atom stereocenters. The first kappa shape index (κ1) is 30.2. The summed E-state index contributed by atoms with van der Waals surface area (Å²) in [5.41, 5.74) is 12.6. The molecule has 9 aromatic rings. The van der Waals surface area contributed by atoms with Gasteiger partial charge in [0.1, 0.15) is 0 Å². The minimum atomic E-state index is 1.11. The Morgan fingerprint density at radius 2 is 0.686 bits per heavy atom. The number of rotatable bonds is 8. The van der Waals surface area contributed by atoms with Gasteiger partial charge in [-0.1, -0.05) is 115 Å². The van der Waals surface area contributed by atoms with Crippen LogP contribution in [-0.4, -0.2) is 4.57 Å². The van der Waals surface area contributed by atoms with Crippen LogP contribution in [0.1, 0.15) is 0 Å². The van der Waals surface area contributed by atoms with Crippen molar-refractivity contribution in [2.75, 3.05) is 9.80 Å². The topological polar surface area (TPSA) is 11.4 Å². The zero-order chi connectivity index (χ0) is 34.0. The van der Waals surface area contributed by atoms with Crippen molar-refractivity contribution < 1.29 is 0 Å². The average Bonchev–Trinajstić information content (AvgIpc) is 3.55. The van der Waals surface area contributed by atoms with Crippen LogP contribution in [0.5, 0.6) is 0 Å². The summed E-state index contributed by atoms with van der Waals surface area (Å²) in [5, 5.41) is 2.49. The molecule has 3 nitrogen and oxygen atoms in total. The van der Waals surface area contributed by atoms with Crippen LogP contribution in [-0.2, 0) is 0 Å². The van der Waals surface area contributed by atoms with E-state index < -0.39 is 0 Å². The third-order valence-corrected chi connectivity index (χ3v) is 9.56. The van der Waals surface area contributed by atoms with Gasteiger partial charge in [-0.3, -0.25) is 0 Å². The molecule has 0 saturated heterocycles. The molecular formula is C48H35N3. The lowest BCUT2D eigenvalue weighted by molar-refractivity contribution is 1.17. The highest BCUT2D eigenvalue weighted by molar-refractivity contribution is 6.15. The molecule has 9 rings (SSSR count). The van der Waals surface area contributed by atoms with Gasteiger partial charge in [0.25, 0.3) is 0 Å². The van der Waals surface area contributed by atoms with Gasteiger partial charge in [0.2, 0.25) is 0 Å². The lowest BCUT2D eigenvalue weighted by atomic mass is 9.99. The zero-order valence-corrected chi connectivity index (χ0v) is 28.0. The molecule has 0 atom stereocenters. The molecule has 0 aliphatic heterocycles. The fourth-order valence-electron chi connectivity index (χ4n) is 7.28. The van der Waals surface area contributed by atoms with E-state index in [9.17, 15) is 0 Å². The van der Waals surface area contributed by atoms with Gasteiger partial charge in [-0.15, -0.1) is 0 Å². The van der Waals surface area contributed by atoms with E-state index in [0.29, 0.717) is 0 Å². The van der Waals surface area contributed by atoms with Crippen molar-refractivity contribution in [2.24, 2.45) is 0 Å². The van der Waals surface area contributed by atoms with Crippen LogP contribution < -0.4 is 9.80 Å². The van der Waals surface area contributed by atoms with Crippen molar-refractivity contribution in [1.29, 1.82) is 0 Å². The number of nitrogens with zero attached hydrogens (tertiary/aromatic N) is 3. The maximum Gasteiger partial charge on any atom is 0.0547 e. The maximum atomic E-state index is 2.40. The molecule has 0 N–H and O–H groups in total. The lowest BCUT2D eigenvalue weighted by Crippen LogP contribution is -2.09. The number of aromatic nitrogens is 1. The Balaban J connectivity index is 1.13. The molecular weight excluding hydrogens is 619 g/mol. The number of benzene rings is 8. The quantitative estimate of drug-likeness (QED) is 0.162. The first-order valence-electron chi connectivity index (χ1n) is 17.4. The molecule has 0 saturated carbocycles. The Morgan fingerprint density at radius 3 is 1.18 bits per heavy atom. The third kappa shape index (κ3) is 5.61. The summed E-state index contributed by atoms with van der Waals surface area (Å²) in [4.78, 5) is 4.60. The highest BCUT2D eigenvalue weighted by atomic mass is 15.1. The standard InChI is InChI=1S/C48H35N3/c1-5-16-37(17-6-1)49(38-18-7-2-8-19-38)41-30-28-36(29-31-41)44-25-15-27-47-48(44)45-24-13-14-26-46(45)51(47)43-34-32-42(33-35-43)50(39-20-9-3-10-21-39)40-22-11-4-12-23-40/h1-35H. The van der Waals surface area contributed by atoms with Gasteiger partial charge in [-0.25, -0.2) is 0 Å². The van der Waals surface area contributed by atoms with Crippen LogP contribution in [0.3, 0.4) is 0 Å². The summed E-state index contributed by atoms with van der Waals surface area (Å²) < 4.78 is 2.40. The number of hydrogen-bond donors (Lipinski definition) is 0. The monoisotopic (exact) mass is 653 g/mol. The summed E-state index contributed by atoms with van der Waals surface area (Å²) >= 11 is 0. The second-order valence-corrected chi connectivity index (χ2v) is 12.6. The molecule has 242 valence electrons. The number of anilines is 6. The Bertz CT molecular complexity index is 2460. The van der Waals surface area contributed by atoms with Gasteiger partial charge in [0.15, 0.2) is 0 Å². The molecule has 1 heterocycles. The fraction of sp³-hybridized carbons (Fsp3) is 0. The normalized spacial score (nSPS) is 11.1. The van der Waals surface area contributed by atoms with Crippen molar-refractivity contribution in [3.05, 3.63) is 212 Å². The molecule has 51 heavy (non-hydrogen) atoms. The molecule has 0 spiro atoms. The van der Waals surface area contributed by atoms with E-state index in [1.807, 2.05) is 0 Å². The third-order valence-electron chi connectivity index (χ3n) is 9.56. The smallest absolute Gasteiger partial charge is 0.0547 e. The van der Waals surface area contributed by atoms with E-state index in [-0.39, 0.29) is 0 Å². The van der Waals surface area contributed by atoms with E-state index in [2.05, 4.69) is 227 Å². The van der Waals surface area contributed by atoms with Gasteiger partial charge in [0, 0.05) is 50.6 Å². The Kier molecular flexibility index (Phi) is 7.84. The summed E-state index contributed by atoms with van der Waals surface area (Å²) in [5.74, 6) is 0. The molecule has 1 aromatic heterocycles. The molecule has 0 aliphatic carbocycles. The summed E-state index contributed by atoms with van der Waals surface area (Å²) in [6, 6.07) is 75.5. The van der Waals surface area contributed by atoms with E-state index in [0.717, 1.165) is 39.8 Å². The summed E-state index contributed by atoms with van der Waals surface area (Å²) in [6.45, 7) is 0. The maximum absolute atomic E-state index is 2.40. The fourth-order valence-corrected chi connectivity index (χ4v) is 7.28. The molecule has 8 aromatic carbocycles. The van der Waals surface area contributed by atoms with E-state index in [4.69, 9.17) is 0 Å². The second kappa shape index (κ2) is 13.2. The molecule has 3 heteroatoms. The van der Waals surface area contributed by atoms with Gasteiger partial charge < -0.3 is 14.4 Å². The lowest BCUT2D eigenvalue weighted by Gasteiger charge is -2.25. The van der Waals surface area contributed by atoms with E-state index in [1.165, 1.54) is 32.9 Å². The van der Waals surface area contributed by atoms with Crippen molar-refractivity contribution in [1.82, 2.24) is 4.57 Å². The number of hydrogen-bond acceptors (Lipinski definition) is 2. The summed E-state index contributed by atoms with van der Waals surface area (Å²) in [7, 11) is 0. The zero-order valence-electron chi connectivity index (χ0n) is 28.0. The van der Waals surface area contributed by atoms with Crippen LogP contribution in [0, 0.1) is 0 Å². The van der Waals surface area contributed by atoms with Crippen molar-refractivity contribution >= 4 is 55.9 Å². The second-order valence-electron chi connectivity index (χ2n) is 12.6. The van der Waals surface area contributed by atoms with Crippen LogP contribution in [0.2, 0.25) is 0 Å². The van der Waals surface area contributed by atoms with Crippen LogP contribution in [0.15, 0.2) is 212 Å². The predicted molar refractivity (Wildman–Crippen MR) is 216 cm³/mol. The van der Waals surface area contributed by atoms with Crippen molar-refractivity contribution in [3.8, 4) is 16.8 Å². The Labute approximate surface area is 298 Å². The molecule has 0 amide bonds. The Morgan fingerprint density at radius 1 is 0.294 bits per heavy atom. The highest BCUT2D eigenvalue weighted by Crippen LogP contribution is 2.41. The molecule has 0 bridgehead atoms. The minimum Gasteiger partial charge on any atom is -0.311 e. The van der Waals surface area contributed by atoms with Crippen molar-refractivity contribution in [3.63, 3.8) is 0 Å². The van der Waals surface area contributed by atoms with E-state index in [1.54, 1.807) is 0 Å². The van der Waals surface area contributed by atoms with Gasteiger partial charge in [-0.05, 0) is 108 Å². The van der Waals surface area contributed by atoms with Gasteiger partial charge in [0.05, 0.1) is 11.0 Å². The SMILES string of the molecule is c1ccc(N(c2ccccc2)c2ccc(-c3cccc4c3c3ccccc3n4-c3ccc(N(c4ccccc4)c4ccccc4)cc3)cc2)cc1. The molecule has 0 fully saturated rings. The van der Waals surface area contributed by atoms with Gasteiger partial charge >= 0.3 is 0 Å². The molecule has 0 radical (unpaired) electrons. The van der Waals surface area contributed by atoms with Crippen LogP contribution >= 0.6 is 0 Å². The average molecular weight is 654 g/mol. The van der Waals surface area contributed by atoms with Crippen LogP contribution in [0.25, 0.3) is 38.6 Å².